The van der Waals surface area contributed by atoms with Crippen LogP contribution in [0.4, 0.5) is 5.69 Å². The van der Waals surface area contributed by atoms with Gasteiger partial charge in [0.15, 0.2) is 0 Å². The Kier molecular flexibility index (Phi) is 3.41. The number of rotatable bonds is 3. The minimum absolute atomic E-state index is 0.457. The van der Waals surface area contributed by atoms with Crippen LogP contribution in [-0.2, 0) is 4.79 Å². The van der Waals surface area contributed by atoms with E-state index in [-0.39, 0.29) is 0 Å². The van der Waals surface area contributed by atoms with E-state index < -0.39 is 12.0 Å². The number of hydrogen-bond acceptors (Lipinski definition) is 4. The fraction of sp³-hybridized carbons (Fsp3) is 0.375. The van der Waals surface area contributed by atoms with Crippen molar-refractivity contribution in [3.05, 3.63) is 30.0 Å². The molecule has 1 saturated heterocycles. The number of nitrogens with zero attached hydrogens (tertiary/aromatic N) is 2. The number of carboxylic acids is 1. The van der Waals surface area contributed by atoms with Crippen LogP contribution in [0.3, 0.4) is 0 Å². The van der Waals surface area contributed by atoms with Crippen LogP contribution in [0.25, 0.3) is 10.9 Å². The van der Waals surface area contributed by atoms with Crippen molar-refractivity contribution in [3.63, 3.8) is 0 Å². The Hall–Kier alpha value is -2.30. The molecule has 1 aromatic carbocycles. The van der Waals surface area contributed by atoms with E-state index in [1.165, 1.54) is 0 Å². The molecule has 1 atom stereocenters. The monoisotopic (exact) mass is 286 g/mol. The molecule has 1 aromatic heterocycles. The topological polar surface area (TPSA) is 62.7 Å². The predicted molar refractivity (Wildman–Crippen MR) is 81.0 cm³/mol. The number of anilines is 1. The first kappa shape index (κ1) is 13.7. The fourth-order valence-electron chi connectivity index (χ4n) is 3.04. The van der Waals surface area contributed by atoms with Crippen LogP contribution >= 0.6 is 0 Å². The zero-order valence-electron chi connectivity index (χ0n) is 12.2. The summed E-state index contributed by atoms with van der Waals surface area (Å²) >= 11 is 0. The number of pyridine rings is 1. The number of carboxylic acid groups (broad SMARTS) is 1. The summed E-state index contributed by atoms with van der Waals surface area (Å²) in [6, 6.07) is 7.26. The van der Waals surface area contributed by atoms with Gasteiger partial charge in [-0.05, 0) is 31.9 Å². The molecule has 0 bridgehead atoms. The molecule has 0 radical (unpaired) electrons. The highest BCUT2D eigenvalue weighted by atomic mass is 16.5. The van der Waals surface area contributed by atoms with Crippen molar-refractivity contribution >= 4 is 22.6 Å². The van der Waals surface area contributed by atoms with Gasteiger partial charge in [-0.3, -0.25) is 0 Å². The number of benzene rings is 1. The molecule has 0 saturated carbocycles. The van der Waals surface area contributed by atoms with E-state index in [1.54, 1.807) is 7.11 Å². The van der Waals surface area contributed by atoms with Crippen molar-refractivity contribution in [1.29, 1.82) is 0 Å². The summed E-state index contributed by atoms with van der Waals surface area (Å²) < 4.78 is 5.38. The van der Waals surface area contributed by atoms with Gasteiger partial charge in [0.2, 0.25) is 0 Å². The number of aromatic nitrogens is 1. The maximum atomic E-state index is 11.4. The average Bonchev–Trinajstić information content (AvgIpc) is 2.95. The number of methoxy groups -OCH3 is 1. The molecule has 0 unspecified atom stereocenters. The zero-order valence-corrected chi connectivity index (χ0v) is 12.2. The lowest BCUT2D eigenvalue weighted by atomic mass is 10.1. The van der Waals surface area contributed by atoms with E-state index in [9.17, 15) is 9.90 Å². The first-order chi connectivity index (χ1) is 10.1. The second-order valence-corrected chi connectivity index (χ2v) is 5.33. The molecule has 1 aliphatic heterocycles. The highest BCUT2D eigenvalue weighted by Crippen LogP contribution is 2.35. The van der Waals surface area contributed by atoms with Crippen LogP contribution in [-0.4, -0.2) is 35.8 Å². The quantitative estimate of drug-likeness (QED) is 0.939. The first-order valence-electron chi connectivity index (χ1n) is 7.05. The van der Waals surface area contributed by atoms with Crippen LogP contribution in [0, 0.1) is 6.92 Å². The summed E-state index contributed by atoms with van der Waals surface area (Å²) in [5.74, 6) is -0.0541. The lowest BCUT2D eigenvalue weighted by Crippen LogP contribution is -2.36. The third-order valence-electron chi connectivity index (χ3n) is 3.98. The van der Waals surface area contributed by atoms with Gasteiger partial charge in [-0.2, -0.15) is 0 Å². The first-order valence-corrected chi connectivity index (χ1v) is 7.05. The van der Waals surface area contributed by atoms with E-state index in [2.05, 4.69) is 4.98 Å². The van der Waals surface area contributed by atoms with Crippen molar-refractivity contribution in [3.8, 4) is 5.75 Å². The minimum Gasteiger partial charge on any atom is -0.494 e. The van der Waals surface area contributed by atoms with Gasteiger partial charge in [0, 0.05) is 23.3 Å². The Morgan fingerprint density at radius 1 is 1.48 bits per heavy atom. The summed E-state index contributed by atoms with van der Waals surface area (Å²) in [5, 5.41) is 10.3. The molecule has 0 aliphatic carbocycles. The van der Waals surface area contributed by atoms with Crippen molar-refractivity contribution in [1.82, 2.24) is 4.98 Å². The number of aliphatic carboxylic acids is 1. The highest BCUT2D eigenvalue weighted by molar-refractivity contribution is 5.97. The zero-order chi connectivity index (χ0) is 15.0. The molecular weight excluding hydrogens is 268 g/mol. The molecule has 5 heteroatoms. The lowest BCUT2D eigenvalue weighted by molar-refractivity contribution is -0.138. The number of aryl methyl sites for hydroxylation is 1. The molecule has 0 spiro atoms. The van der Waals surface area contributed by atoms with E-state index in [1.807, 2.05) is 36.1 Å². The largest absolute Gasteiger partial charge is 0.494 e. The van der Waals surface area contributed by atoms with Gasteiger partial charge < -0.3 is 14.7 Å². The molecule has 5 nitrogen and oxygen atoms in total. The maximum Gasteiger partial charge on any atom is 0.326 e. The predicted octanol–water partition coefficient (Wildman–Crippen LogP) is 2.61. The Labute approximate surface area is 123 Å². The summed E-state index contributed by atoms with van der Waals surface area (Å²) in [5.41, 5.74) is 2.57. The molecule has 2 heterocycles. The third kappa shape index (κ3) is 2.28. The average molecular weight is 286 g/mol. The van der Waals surface area contributed by atoms with Crippen LogP contribution < -0.4 is 9.64 Å². The molecule has 3 rings (SSSR count). The van der Waals surface area contributed by atoms with E-state index in [0.29, 0.717) is 12.2 Å². The van der Waals surface area contributed by atoms with Gasteiger partial charge in [0.1, 0.15) is 17.3 Å². The second-order valence-electron chi connectivity index (χ2n) is 5.33. The summed E-state index contributed by atoms with van der Waals surface area (Å²) in [7, 11) is 1.62. The molecule has 1 N–H and O–H groups in total. The van der Waals surface area contributed by atoms with E-state index in [4.69, 9.17) is 4.74 Å². The van der Waals surface area contributed by atoms with Crippen LogP contribution in [0.15, 0.2) is 24.3 Å². The van der Waals surface area contributed by atoms with E-state index in [0.717, 1.165) is 35.2 Å². The Morgan fingerprint density at radius 3 is 3.00 bits per heavy atom. The maximum absolute atomic E-state index is 11.4. The standard InChI is InChI=1S/C16H18N2O3/c1-10-9-13(18-8-4-6-12(18)16(19)20)11-5-3-7-14(21-2)15(11)17-10/h3,5,7,9,12H,4,6,8H2,1-2H3,(H,19,20)/t12-/m1/s1. The normalized spacial score (nSPS) is 18.2. The van der Waals surface area contributed by atoms with Crippen molar-refractivity contribution in [2.75, 3.05) is 18.6 Å². The third-order valence-corrected chi connectivity index (χ3v) is 3.98. The van der Waals surface area contributed by atoms with Crippen molar-refractivity contribution in [2.24, 2.45) is 0 Å². The minimum atomic E-state index is -0.766. The lowest BCUT2D eigenvalue weighted by Gasteiger charge is -2.25. The van der Waals surface area contributed by atoms with Gasteiger partial charge >= 0.3 is 5.97 Å². The summed E-state index contributed by atoms with van der Waals surface area (Å²) in [6.07, 6.45) is 1.58. The van der Waals surface area contributed by atoms with Gasteiger partial charge in [0.05, 0.1) is 7.11 Å². The summed E-state index contributed by atoms with van der Waals surface area (Å²) in [6.45, 7) is 2.67. The van der Waals surface area contributed by atoms with Crippen LogP contribution in [0.5, 0.6) is 5.75 Å². The number of para-hydroxylation sites is 1. The van der Waals surface area contributed by atoms with Crippen molar-refractivity contribution < 1.29 is 14.6 Å². The SMILES string of the molecule is COc1cccc2c(N3CCC[C@@H]3C(=O)O)cc(C)nc12. The Morgan fingerprint density at radius 2 is 2.29 bits per heavy atom. The number of carbonyl (C=O) groups is 1. The molecule has 21 heavy (non-hydrogen) atoms. The van der Waals surface area contributed by atoms with Crippen LogP contribution in [0.1, 0.15) is 18.5 Å². The smallest absolute Gasteiger partial charge is 0.326 e. The molecule has 0 amide bonds. The van der Waals surface area contributed by atoms with Crippen LogP contribution in [0.2, 0.25) is 0 Å². The van der Waals surface area contributed by atoms with Gasteiger partial charge in [-0.15, -0.1) is 0 Å². The molecule has 1 fully saturated rings. The van der Waals surface area contributed by atoms with Gasteiger partial charge in [0.25, 0.3) is 0 Å². The Bertz CT molecular complexity index is 699. The molecule has 1 aliphatic rings. The molecule has 2 aromatic rings. The Balaban J connectivity index is 2.20. The molecule has 110 valence electrons. The number of hydrogen-bond donors (Lipinski definition) is 1. The van der Waals surface area contributed by atoms with Gasteiger partial charge in [-0.1, -0.05) is 12.1 Å². The number of fused-ring (bicyclic) bond motifs is 1. The van der Waals surface area contributed by atoms with Gasteiger partial charge in [-0.25, -0.2) is 9.78 Å². The fourth-order valence-corrected chi connectivity index (χ4v) is 3.04. The second kappa shape index (κ2) is 5.24. The van der Waals surface area contributed by atoms with Crippen molar-refractivity contribution in [2.45, 2.75) is 25.8 Å². The molecular formula is C16H18N2O3. The highest BCUT2D eigenvalue weighted by Gasteiger charge is 2.31. The number of ether oxygens (including phenoxy) is 1. The van der Waals surface area contributed by atoms with E-state index >= 15 is 0 Å². The summed E-state index contributed by atoms with van der Waals surface area (Å²) in [4.78, 5) is 18.0.